The van der Waals surface area contributed by atoms with Gasteiger partial charge in [-0.15, -0.1) is 11.3 Å². The van der Waals surface area contributed by atoms with Gasteiger partial charge in [0.15, 0.2) is 0 Å². The summed E-state index contributed by atoms with van der Waals surface area (Å²) in [6, 6.07) is 10.2. The zero-order valence-electron chi connectivity index (χ0n) is 13.8. The molecule has 7 heteroatoms. The average molecular weight is 370 g/mol. The Kier molecular flexibility index (Phi) is 4.15. The molecular formula is C18H16ClN5S. The first-order chi connectivity index (χ1) is 12.1. The molecule has 0 saturated heterocycles. The number of hydrogen-bond acceptors (Lipinski definition) is 5. The molecule has 0 saturated carbocycles. The molecule has 0 amide bonds. The topological polar surface area (TPSA) is 55.6 Å². The number of benzene rings is 1. The van der Waals surface area contributed by atoms with Crippen LogP contribution in [-0.2, 0) is 6.54 Å². The van der Waals surface area contributed by atoms with Gasteiger partial charge in [-0.3, -0.25) is 4.57 Å². The van der Waals surface area contributed by atoms with E-state index in [0.717, 1.165) is 26.7 Å². The lowest BCUT2D eigenvalue weighted by atomic mass is 10.2. The van der Waals surface area contributed by atoms with Crippen molar-refractivity contribution in [2.75, 3.05) is 5.32 Å². The minimum absolute atomic E-state index is 0.593. The smallest absolute Gasteiger partial charge is 0.238 e. The van der Waals surface area contributed by atoms with Gasteiger partial charge in [-0.1, -0.05) is 41.9 Å². The van der Waals surface area contributed by atoms with Crippen molar-refractivity contribution < 1.29 is 0 Å². The van der Waals surface area contributed by atoms with Gasteiger partial charge in [0.25, 0.3) is 0 Å². The largest absolute Gasteiger partial charge is 0.365 e. The first-order valence-electron chi connectivity index (χ1n) is 7.88. The number of fused-ring (bicyclic) bond motifs is 1. The Labute approximate surface area is 154 Å². The monoisotopic (exact) mass is 369 g/mol. The van der Waals surface area contributed by atoms with Crippen molar-refractivity contribution >= 4 is 39.0 Å². The molecule has 1 aromatic carbocycles. The fourth-order valence-corrected chi connectivity index (χ4v) is 3.93. The molecular weight excluding hydrogens is 354 g/mol. The van der Waals surface area contributed by atoms with Crippen LogP contribution in [0.1, 0.15) is 16.3 Å². The van der Waals surface area contributed by atoms with Crippen molar-refractivity contribution in [1.82, 2.24) is 19.5 Å². The summed E-state index contributed by atoms with van der Waals surface area (Å²) in [5.74, 6) is 2.18. The van der Waals surface area contributed by atoms with Crippen molar-refractivity contribution in [3.05, 3.63) is 64.0 Å². The second-order valence-electron chi connectivity index (χ2n) is 5.71. The maximum atomic E-state index is 6.51. The number of aryl methyl sites for hydroxylation is 2. The molecule has 3 aromatic heterocycles. The van der Waals surface area contributed by atoms with E-state index in [0.29, 0.717) is 17.5 Å². The molecule has 25 heavy (non-hydrogen) atoms. The minimum Gasteiger partial charge on any atom is -0.365 e. The molecule has 1 N–H and O–H groups in total. The molecule has 0 aliphatic rings. The van der Waals surface area contributed by atoms with Gasteiger partial charge in [0.1, 0.15) is 16.5 Å². The van der Waals surface area contributed by atoms with Crippen LogP contribution in [-0.4, -0.2) is 19.5 Å². The third kappa shape index (κ3) is 2.99. The lowest BCUT2D eigenvalue weighted by molar-refractivity contribution is 0.893. The number of halogens is 1. The molecule has 3 heterocycles. The fraction of sp³-hybridized carbons (Fsp3) is 0.167. The predicted molar refractivity (Wildman–Crippen MR) is 103 cm³/mol. The predicted octanol–water partition coefficient (Wildman–Crippen LogP) is 4.76. The summed E-state index contributed by atoms with van der Waals surface area (Å²) in [4.78, 5) is 15.6. The van der Waals surface area contributed by atoms with E-state index in [9.17, 15) is 0 Å². The highest BCUT2D eigenvalue weighted by Gasteiger charge is 2.17. The van der Waals surface area contributed by atoms with Crippen LogP contribution < -0.4 is 5.32 Å². The van der Waals surface area contributed by atoms with Crippen LogP contribution in [0.25, 0.3) is 16.2 Å². The van der Waals surface area contributed by atoms with Crippen molar-refractivity contribution in [3.8, 4) is 5.95 Å². The fourth-order valence-electron chi connectivity index (χ4n) is 2.67. The lowest BCUT2D eigenvalue weighted by Crippen LogP contribution is -2.07. The first kappa shape index (κ1) is 16.1. The molecule has 5 nitrogen and oxygen atoms in total. The number of hydrogen-bond donors (Lipinski definition) is 1. The van der Waals surface area contributed by atoms with E-state index in [1.807, 2.05) is 42.8 Å². The SMILES string of the molecule is Cc1sc2nc(-n3ccnc3C)nc(NCc3ccccc3)c2c1Cl. The minimum atomic E-state index is 0.593. The van der Waals surface area contributed by atoms with Crippen molar-refractivity contribution in [3.63, 3.8) is 0 Å². The van der Waals surface area contributed by atoms with E-state index in [4.69, 9.17) is 16.6 Å². The highest BCUT2D eigenvalue weighted by molar-refractivity contribution is 7.19. The van der Waals surface area contributed by atoms with Gasteiger partial charge < -0.3 is 5.32 Å². The second-order valence-corrected chi connectivity index (χ2v) is 7.29. The van der Waals surface area contributed by atoms with Gasteiger partial charge in [0.05, 0.1) is 10.4 Å². The number of aromatic nitrogens is 4. The Hall–Kier alpha value is -2.44. The van der Waals surface area contributed by atoms with Crippen LogP contribution in [0.5, 0.6) is 0 Å². The highest BCUT2D eigenvalue weighted by atomic mass is 35.5. The van der Waals surface area contributed by atoms with Crippen LogP contribution in [0.4, 0.5) is 5.82 Å². The van der Waals surface area contributed by atoms with Crippen molar-refractivity contribution in [2.24, 2.45) is 0 Å². The summed E-state index contributed by atoms with van der Waals surface area (Å²) < 4.78 is 1.87. The number of rotatable bonds is 4. The van der Waals surface area contributed by atoms with E-state index in [1.54, 1.807) is 17.5 Å². The molecule has 0 bridgehead atoms. The molecule has 4 rings (SSSR count). The molecule has 0 atom stereocenters. The number of nitrogens with zero attached hydrogens (tertiary/aromatic N) is 4. The molecule has 0 spiro atoms. The van der Waals surface area contributed by atoms with Gasteiger partial charge in [0.2, 0.25) is 5.95 Å². The van der Waals surface area contributed by atoms with Crippen LogP contribution in [0.3, 0.4) is 0 Å². The van der Waals surface area contributed by atoms with Crippen LogP contribution >= 0.6 is 22.9 Å². The Morgan fingerprint density at radius 2 is 1.96 bits per heavy atom. The summed E-state index contributed by atoms with van der Waals surface area (Å²) >= 11 is 8.08. The Morgan fingerprint density at radius 3 is 2.68 bits per heavy atom. The molecule has 0 aliphatic heterocycles. The number of thiophene rings is 1. The lowest BCUT2D eigenvalue weighted by Gasteiger charge is -2.10. The van der Waals surface area contributed by atoms with Crippen molar-refractivity contribution in [2.45, 2.75) is 20.4 Å². The normalized spacial score (nSPS) is 11.2. The van der Waals surface area contributed by atoms with E-state index in [1.165, 1.54) is 5.56 Å². The quantitative estimate of drug-likeness (QED) is 0.563. The molecule has 0 aliphatic carbocycles. The van der Waals surface area contributed by atoms with E-state index in [2.05, 4.69) is 27.4 Å². The zero-order chi connectivity index (χ0) is 17.4. The molecule has 4 aromatic rings. The third-order valence-electron chi connectivity index (χ3n) is 3.99. The third-order valence-corrected chi connectivity index (χ3v) is 5.57. The second kappa shape index (κ2) is 6.46. The first-order valence-corrected chi connectivity index (χ1v) is 9.07. The van der Waals surface area contributed by atoms with E-state index < -0.39 is 0 Å². The van der Waals surface area contributed by atoms with Crippen LogP contribution in [0, 0.1) is 13.8 Å². The maximum Gasteiger partial charge on any atom is 0.238 e. The summed E-state index contributed by atoms with van der Waals surface area (Å²) in [6.45, 7) is 4.59. The van der Waals surface area contributed by atoms with Gasteiger partial charge in [-0.2, -0.15) is 4.98 Å². The van der Waals surface area contributed by atoms with Gasteiger partial charge in [-0.05, 0) is 19.4 Å². The summed E-state index contributed by atoms with van der Waals surface area (Å²) in [5.41, 5.74) is 1.18. The summed E-state index contributed by atoms with van der Waals surface area (Å²) in [5, 5.41) is 5.01. The van der Waals surface area contributed by atoms with Gasteiger partial charge in [0, 0.05) is 23.8 Å². The molecule has 0 fully saturated rings. The van der Waals surface area contributed by atoms with Gasteiger partial charge >= 0.3 is 0 Å². The molecule has 0 radical (unpaired) electrons. The number of imidazole rings is 1. The highest BCUT2D eigenvalue weighted by Crippen LogP contribution is 2.38. The summed E-state index contributed by atoms with van der Waals surface area (Å²) in [6.07, 6.45) is 3.60. The van der Waals surface area contributed by atoms with E-state index >= 15 is 0 Å². The molecule has 0 unspecified atom stereocenters. The standard InChI is InChI=1S/C18H16ClN5S/c1-11-15(19)14-16(21-10-13-6-4-3-5-7-13)22-18(23-17(14)25-11)24-9-8-20-12(24)2/h3-9H,10H2,1-2H3,(H,21,22,23). The number of nitrogens with one attached hydrogen (secondary N) is 1. The van der Waals surface area contributed by atoms with Gasteiger partial charge in [-0.25, -0.2) is 9.97 Å². The van der Waals surface area contributed by atoms with Crippen LogP contribution in [0.15, 0.2) is 42.7 Å². The van der Waals surface area contributed by atoms with Crippen molar-refractivity contribution in [1.29, 1.82) is 0 Å². The van der Waals surface area contributed by atoms with Crippen LogP contribution in [0.2, 0.25) is 5.02 Å². The summed E-state index contributed by atoms with van der Waals surface area (Å²) in [7, 11) is 0. The Balaban J connectivity index is 1.81. The maximum absolute atomic E-state index is 6.51. The number of anilines is 1. The average Bonchev–Trinajstić information content (AvgIpc) is 3.17. The zero-order valence-corrected chi connectivity index (χ0v) is 15.4. The molecule has 126 valence electrons. The Bertz CT molecular complexity index is 1040. The van der Waals surface area contributed by atoms with E-state index in [-0.39, 0.29) is 0 Å². The Morgan fingerprint density at radius 1 is 1.16 bits per heavy atom.